The number of hydrogen-bond donors (Lipinski definition) is 2. The zero-order chi connectivity index (χ0) is 13.4. The molecule has 1 saturated heterocycles. The number of nitrogens with zero attached hydrogens (tertiary/aromatic N) is 4. The van der Waals surface area contributed by atoms with Crippen LogP contribution in [0.25, 0.3) is 10.2 Å². The Morgan fingerprint density at radius 3 is 3.00 bits per heavy atom. The quantitative estimate of drug-likeness (QED) is 0.633. The van der Waals surface area contributed by atoms with E-state index in [-0.39, 0.29) is 0 Å². The molecule has 0 bridgehead atoms. The molecule has 0 aliphatic carbocycles. The first kappa shape index (κ1) is 12.6. The summed E-state index contributed by atoms with van der Waals surface area (Å²) in [6.45, 7) is 5.23. The van der Waals surface area contributed by atoms with Gasteiger partial charge >= 0.3 is 0 Å². The van der Waals surface area contributed by atoms with Crippen LogP contribution in [0.5, 0.6) is 0 Å². The zero-order valence-electron chi connectivity index (χ0n) is 11.1. The number of aromatic nitrogens is 2. The minimum absolute atomic E-state index is 0.483. The van der Waals surface area contributed by atoms with E-state index < -0.39 is 0 Å². The Labute approximate surface area is 116 Å². The van der Waals surface area contributed by atoms with Gasteiger partial charge in [-0.3, -0.25) is 5.43 Å². The maximum atomic E-state index is 5.46. The lowest BCUT2D eigenvalue weighted by Gasteiger charge is -2.38. The van der Waals surface area contributed by atoms with E-state index in [1.165, 1.54) is 0 Å². The third-order valence-electron chi connectivity index (χ3n) is 3.69. The molecule has 7 heteroatoms. The summed E-state index contributed by atoms with van der Waals surface area (Å²) in [5, 5.41) is 3.16. The van der Waals surface area contributed by atoms with Gasteiger partial charge in [-0.2, -0.15) is 4.98 Å². The van der Waals surface area contributed by atoms with Gasteiger partial charge in [-0.1, -0.05) is 0 Å². The number of fused-ring (bicyclic) bond motifs is 1. The van der Waals surface area contributed by atoms with E-state index in [1.54, 1.807) is 11.3 Å². The fraction of sp³-hybridized carbons (Fsp3) is 0.500. The van der Waals surface area contributed by atoms with Crippen LogP contribution in [0.1, 0.15) is 6.92 Å². The summed E-state index contributed by atoms with van der Waals surface area (Å²) in [6, 6.07) is 2.60. The number of nitrogens with two attached hydrogens (primary N) is 1. The second kappa shape index (κ2) is 4.92. The van der Waals surface area contributed by atoms with Gasteiger partial charge in [0.1, 0.15) is 10.6 Å². The molecule has 3 N–H and O–H groups in total. The fourth-order valence-electron chi connectivity index (χ4n) is 2.39. The predicted octanol–water partition coefficient (Wildman–Crippen LogP) is 1.12. The first-order chi connectivity index (χ1) is 9.19. The Morgan fingerprint density at radius 2 is 2.26 bits per heavy atom. The van der Waals surface area contributed by atoms with Crippen molar-refractivity contribution in [2.24, 2.45) is 5.84 Å². The highest BCUT2D eigenvalue weighted by Gasteiger charge is 2.23. The van der Waals surface area contributed by atoms with Gasteiger partial charge < -0.3 is 9.80 Å². The van der Waals surface area contributed by atoms with Crippen LogP contribution in [0.4, 0.5) is 11.8 Å². The van der Waals surface area contributed by atoms with E-state index in [0.29, 0.717) is 12.0 Å². The minimum Gasteiger partial charge on any atom is -0.353 e. The molecular formula is C12H18N6S. The number of likely N-dealkylation sites (N-methyl/N-ethyl adjacent to an activating group) is 1. The molecule has 19 heavy (non-hydrogen) atoms. The standard InChI is InChI=1S/C12H18N6S/c1-8-7-18(5-4-17(8)2)10-9-3-6-19-11(9)15-12(14-10)16-13/h3,6,8H,4-5,7,13H2,1-2H3,(H,14,15,16). The fourth-order valence-corrected chi connectivity index (χ4v) is 3.14. The number of nitrogen functional groups attached to an aromatic ring is 1. The van der Waals surface area contributed by atoms with Crippen molar-refractivity contribution in [1.29, 1.82) is 0 Å². The molecule has 0 radical (unpaired) electrons. The Bertz CT molecular complexity index is 583. The lowest BCUT2D eigenvalue weighted by Crippen LogP contribution is -2.50. The van der Waals surface area contributed by atoms with Crippen LogP contribution in [0, 0.1) is 0 Å². The van der Waals surface area contributed by atoms with Gasteiger partial charge in [0, 0.05) is 25.7 Å². The van der Waals surface area contributed by atoms with Crippen molar-refractivity contribution in [1.82, 2.24) is 14.9 Å². The molecule has 1 atom stereocenters. The summed E-state index contributed by atoms with van der Waals surface area (Å²) < 4.78 is 0. The summed E-state index contributed by atoms with van der Waals surface area (Å²) in [7, 11) is 2.16. The Hall–Kier alpha value is -1.44. The molecule has 1 aliphatic rings. The van der Waals surface area contributed by atoms with Gasteiger partial charge in [-0.25, -0.2) is 10.8 Å². The van der Waals surface area contributed by atoms with Crippen LogP contribution in [0.3, 0.4) is 0 Å². The van der Waals surface area contributed by atoms with Crippen LogP contribution < -0.4 is 16.2 Å². The maximum Gasteiger partial charge on any atom is 0.240 e. The lowest BCUT2D eigenvalue weighted by atomic mass is 10.2. The van der Waals surface area contributed by atoms with E-state index in [1.807, 2.05) is 5.38 Å². The molecule has 2 aromatic rings. The first-order valence-electron chi connectivity index (χ1n) is 6.36. The average molecular weight is 278 g/mol. The molecule has 2 aromatic heterocycles. The van der Waals surface area contributed by atoms with Crippen molar-refractivity contribution in [3.05, 3.63) is 11.4 Å². The Kier molecular flexibility index (Phi) is 3.26. The van der Waals surface area contributed by atoms with E-state index in [2.05, 4.69) is 45.2 Å². The van der Waals surface area contributed by atoms with Crippen LogP contribution in [0.15, 0.2) is 11.4 Å². The molecular weight excluding hydrogens is 260 g/mol. The molecule has 0 amide bonds. The van der Waals surface area contributed by atoms with E-state index in [4.69, 9.17) is 5.84 Å². The van der Waals surface area contributed by atoms with Crippen molar-refractivity contribution in [2.45, 2.75) is 13.0 Å². The number of thiophene rings is 1. The summed E-state index contributed by atoms with van der Waals surface area (Å²) in [6.07, 6.45) is 0. The van der Waals surface area contributed by atoms with Crippen LogP contribution in [-0.2, 0) is 0 Å². The first-order valence-corrected chi connectivity index (χ1v) is 7.24. The van der Waals surface area contributed by atoms with Crippen molar-refractivity contribution in [3.63, 3.8) is 0 Å². The van der Waals surface area contributed by atoms with Crippen LogP contribution >= 0.6 is 11.3 Å². The number of nitrogens with one attached hydrogen (secondary N) is 1. The number of piperazine rings is 1. The summed E-state index contributed by atoms with van der Waals surface area (Å²) in [5.41, 5.74) is 2.56. The summed E-state index contributed by atoms with van der Waals surface area (Å²) in [5.74, 6) is 6.93. The van der Waals surface area contributed by atoms with Gasteiger partial charge in [0.15, 0.2) is 0 Å². The molecule has 1 aliphatic heterocycles. The predicted molar refractivity (Wildman–Crippen MR) is 79.5 cm³/mol. The van der Waals surface area contributed by atoms with Crippen LogP contribution in [0.2, 0.25) is 0 Å². The van der Waals surface area contributed by atoms with E-state index in [0.717, 1.165) is 35.7 Å². The molecule has 0 spiro atoms. The summed E-state index contributed by atoms with van der Waals surface area (Å²) in [4.78, 5) is 14.6. The van der Waals surface area contributed by atoms with Gasteiger partial charge in [-0.05, 0) is 25.4 Å². The molecule has 6 nitrogen and oxygen atoms in total. The number of rotatable bonds is 2. The SMILES string of the molecule is CC1CN(c2nc(NN)nc3sccc23)CCN1C. The van der Waals surface area contributed by atoms with Gasteiger partial charge in [0.25, 0.3) is 0 Å². The van der Waals surface area contributed by atoms with Gasteiger partial charge in [-0.15, -0.1) is 11.3 Å². The Morgan fingerprint density at radius 1 is 1.42 bits per heavy atom. The smallest absolute Gasteiger partial charge is 0.240 e. The molecule has 0 aromatic carbocycles. The molecule has 3 heterocycles. The highest BCUT2D eigenvalue weighted by molar-refractivity contribution is 7.16. The summed E-state index contributed by atoms with van der Waals surface area (Å²) >= 11 is 1.61. The largest absolute Gasteiger partial charge is 0.353 e. The third kappa shape index (κ3) is 2.24. The highest BCUT2D eigenvalue weighted by atomic mass is 32.1. The van der Waals surface area contributed by atoms with Crippen molar-refractivity contribution in [3.8, 4) is 0 Å². The second-order valence-corrected chi connectivity index (χ2v) is 5.82. The van der Waals surface area contributed by atoms with E-state index in [9.17, 15) is 0 Å². The number of hydrogen-bond acceptors (Lipinski definition) is 7. The van der Waals surface area contributed by atoms with Crippen molar-refractivity contribution >= 4 is 33.3 Å². The average Bonchev–Trinajstić information content (AvgIpc) is 2.89. The molecule has 1 unspecified atom stereocenters. The van der Waals surface area contributed by atoms with Crippen molar-refractivity contribution in [2.75, 3.05) is 37.0 Å². The number of hydrazine groups is 1. The maximum absolute atomic E-state index is 5.46. The monoisotopic (exact) mass is 278 g/mol. The van der Waals surface area contributed by atoms with Gasteiger partial charge in [0.2, 0.25) is 5.95 Å². The number of anilines is 2. The van der Waals surface area contributed by atoms with Crippen LogP contribution in [-0.4, -0.2) is 47.6 Å². The van der Waals surface area contributed by atoms with E-state index >= 15 is 0 Å². The third-order valence-corrected chi connectivity index (χ3v) is 4.50. The zero-order valence-corrected chi connectivity index (χ0v) is 11.9. The lowest BCUT2D eigenvalue weighted by molar-refractivity contribution is 0.233. The minimum atomic E-state index is 0.483. The normalized spacial score (nSPS) is 21.0. The molecule has 1 fully saturated rings. The Balaban J connectivity index is 2.01. The second-order valence-electron chi connectivity index (χ2n) is 4.93. The molecule has 0 saturated carbocycles. The molecule has 3 rings (SSSR count). The molecule has 102 valence electrons. The van der Waals surface area contributed by atoms with Crippen molar-refractivity contribution < 1.29 is 0 Å². The topological polar surface area (TPSA) is 70.3 Å². The van der Waals surface area contributed by atoms with Gasteiger partial charge in [0.05, 0.1) is 5.39 Å². The highest BCUT2D eigenvalue weighted by Crippen LogP contribution is 2.30.